The molecule has 0 radical (unpaired) electrons. The Balaban J connectivity index is 0.000000285. The molecule has 2 aliphatic rings. The van der Waals surface area contributed by atoms with Gasteiger partial charge in [-0.25, -0.2) is 29.8 Å². The van der Waals surface area contributed by atoms with Crippen molar-refractivity contribution in [2.45, 2.75) is 94.6 Å². The number of hydrogen-bond acceptors (Lipinski definition) is 8. The lowest BCUT2D eigenvalue weighted by molar-refractivity contribution is -0.140. The lowest BCUT2D eigenvalue weighted by Crippen LogP contribution is -2.48. The van der Waals surface area contributed by atoms with Gasteiger partial charge in [0.05, 0.1) is 59.0 Å². The number of carbonyl (C=O) groups excluding carboxylic acids is 2. The largest absolute Gasteiger partial charge is 0.419 e. The maximum absolute atomic E-state index is 13.9. The van der Waals surface area contributed by atoms with Gasteiger partial charge in [0, 0.05) is 53.4 Å². The maximum atomic E-state index is 13.9. The number of hydrogen-bond donors (Lipinski definition) is 0. The molecule has 0 aromatic heterocycles. The van der Waals surface area contributed by atoms with Crippen LogP contribution in [0.4, 0.5) is 17.6 Å². The van der Waals surface area contributed by atoms with Crippen molar-refractivity contribution in [1.29, 1.82) is 0 Å². The third-order valence-corrected chi connectivity index (χ3v) is 19.9. The minimum Gasteiger partial charge on any atom is -0.341 e. The van der Waals surface area contributed by atoms with Crippen molar-refractivity contribution >= 4 is 101 Å². The first-order valence-corrected chi connectivity index (χ1v) is 30.6. The molecular weight excluding hydrogens is 1170 g/mol. The molecule has 2 fully saturated rings. The summed E-state index contributed by atoms with van der Waals surface area (Å²) >= 11 is 37.1. The summed E-state index contributed by atoms with van der Waals surface area (Å²) in [7, 11) is -0.0558. The summed E-state index contributed by atoms with van der Waals surface area (Å²) in [6, 6.07) is 18.2. The van der Waals surface area contributed by atoms with Gasteiger partial charge in [-0.3, -0.25) is 9.59 Å². The first-order chi connectivity index (χ1) is 35.6. The van der Waals surface area contributed by atoms with E-state index in [-0.39, 0.29) is 41.0 Å². The molecule has 0 spiro atoms. The Labute approximate surface area is 481 Å². The normalized spacial score (nSPS) is 17.1. The van der Waals surface area contributed by atoms with E-state index < -0.39 is 48.4 Å². The monoisotopic (exact) mass is 1230 g/mol. The van der Waals surface area contributed by atoms with Gasteiger partial charge in [0.15, 0.2) is 0 Å². The molecule has 0 bridgehead atoms. The van der Waals surface area contributed by atoms with Gasteiger partial charge in [0.1, 0.15) is 5.82 Å². The number of rotatable bonds is 18. The van der Waals surface area contributed by atoms with Gasteiger partial charge in [0.2, 0.25) is 31.9 Å². The van der Waals surface area contributed by atoms with Crippen LogP contribution in [0.25, 0.3) is 0 Å². The third kappa shape index (κ3) is 17.0. The Morgan fingerprint density at radius 1 is 0.545 bits per heavy atom. The van der Waals surface area contributed by atoms with Gasteiger partial charge in [0.25, 0.3) is 0 Å². The number of nitrogens with zero attached hydrogens (tertiary/aromatic N) is 6. The minimum absolute atomic E-state index is 0.00771. The predicted molar refractivity (Wildman–Crippen MR) is 302 cm³/mol. The number of piperidine rings is 2. The molecule has 4 aromatic rings. The lowest BCUT2D eigenvalue weighted by atomic mass is 9.77. The fourth-order valence-corrected chi connectivity index (χ4v) is 12.2. The SMILES string of the molecule is CN(Cc1ccc(Cl)c(Cl)c1)C(=O)C(C)(CCN1CCC(N(C)S(C)(=O)=O)CC1)c1ccc(Cl)c(Cl)c1.CN(Cc1ccc(F)c(C(F)(F)F)c1)C(=O)C(C)(CCN1CCC(N(C)S(C)(=O)=O)CC1)c1ccc(Cl)c(Cl)c1. The van der Waals surface area contributed by atoms with Crippen LogP contribution in [-0.4, -0.2) is 149 Å². The van der Waals surface area contributed by atoms with E-state index in [4.69, 9.17) is 69.6 Å². The second kappa shape index (κ2) is 26.7. The number of benzene rings is 4. The molecule has 6 rings (SSSR count). The number of alkyl halides is 3. The lowest BCUT2D eigenvalue weighted by Gasteiger charge is -2.38. The van der Waals surface area contributed by atoms with E-state index in [1.54, 1.807) is 75.4 Å². The van der Waals surface area contributed by atoms with Crippen LogP contribution in [0.3, 0.4) is 0 Å². The zero-order chi connectivity index (χ0) is 57.6. The van der Waals surface area contributed by atoms with Crippen LogP contribution in [0, 0.1) is 5.82 Å². The molecule has 0 N–H and O–H groups in total. The van der Waals surface area contributed by atoms with Crippen molar-refractivity contribution in [3.05, 3.63) is 137 Å². The van der Waals surface area contributed by atoms with Crippen molar-refractivity contribution in [1.82, 2.24) is 28.2 Å². The Hall–Kier alpha value is -2.98. The Kier molecular flexibility index (Phi) is 22.5. The smallest absolute Gasteiger partial charge is 0.341 e. The first-order valence-electron chi connectivity index (χ1n) is 24.7. The standard InChI is InChI=1S/C27H33Cl2F4N3O3S.C26H33Cl4N3O3S/c1-26(19-6-7-22(28)23(29)16-19,11-14-36-12-9-20(10-13-36)35(3)40(4,38)39)25(37)34(2)17-18-5-8-24(30)21(15-18)27(31,32)33;1-26(19-6-8-22(28)24(30)16-19,25(34)31(2)17-18-5-7-21(27)23(29)15-18)11-14-33-12-9-20(10-13-33)32(3)37(4,35)36/h5-8,15-16,20H,9-14,17H2,1-4H3;5-8,15-16,20H,9-14,17H2,1-4H3. The summed E-state index contributed by atoms with van der Waals surface area (Å²) in [5.41, 5.74) is -0.962. The predicted octanol–water partition coefficient (Wildman–Crippen LogP) is 11.8. The van der Waals surface area contributed by atoms with Gasteiger partial charge in [-0.05, 0) is 162 Å². The van der Waals surface area contributed by atoms with Crippen LogP contribution < -0.4 is 0 Å². The molecule has 2 amide bonds. The zero-order valence-corrected chi connectivity index (χ0v) is 50.4. The number of likely N-dealkylation sites (N-methyl/N-ethyl adjacent to an activating group) is 2. The number of sulfonamides is 2. The van der Waals surface area contributed by atoms with E-state index >= 15 is 0 Å². The molecule has 0 aliphatic carbocycles. The second-order valence-corrected chi connectivity index (χ2v) is 27.0. The van der Waals surface area contributed by atoms with Crippen LogP contribution >= 0.6 is 69.6 Å². The summed E-state index contributed by atoms with van der Waals surface area (Å²) in [5.74, 6) is -1.78. The first kappa shape index (κ1) is 64.8. The van der Waals surface area contributed by atoms with Crippen LogP contribution in [-0.2, 0) is 59.7 Å². The van der Waals surface area contributed by atoms with Crippen molar-refractivity contribution < 1.29 is 44.0 Å². The van der Waals surface area contributed by atoms with E-state index in [0.717, 1.165) is 43.1 Å². The molecule has 2 saturated heterocycles. The summed E-state index contributed by atoms with van der Waals surface area (Å²) in [5, 5.41) is 2.32. The fraction of sp³-hybridized carbons (Fsp3) is 0.509. The molecule has 426 valence electrons. The Morgan fingerprint density at radius 3 is 1.22 bits per heavy atom. The van der Waals surface area contributed by atoms with Crippen LogP contribution in [0.15, 0.2) is 72.8 Å². The highest BCUT2D eigenvalue weighted by atomic mass is 35.5. The van der Waals surface area contributed by atoms with E-state index in [1.807, 2.05) is 19.1 Å². The second-order valence-electron chi connectivity index (χ2n) is 20.5. The molecule has 2 aliphatic heterocycles. The van der Waals surface area contributed by atoms with Crippen molar-refractivity contribution in [2.75, 3.05) is 80.0 Å². The number of likely N-dealkylation sites (tertiary alicyclic amines) is 2. The number of halogens is 10. The molecule has 12 nitrogen and oxygen atoms in total. The van der Waals surface area contributed by atoms with Gasteiger partial charge < -0.3 is 19.6 Å². The van der Waals surface area contributed by atoms with Gasteiger partial charge in [-0.2, -0.15) is 13.2 Å². The average molecular weight is 1240 g/mol. The molecule has 4 aromatic carbocycles. The van der Waals surface area contributed by atoms with Crippen LogP contribution in [0.5, 0.6) is 0 Å². The fourth-order valence-electron chi connectivity index (χ4n) is 9.81. The number of amides is 2. The average Bonchev–Trinajstić information content (AvgIpc) is 3.36. The summed E-state index contributed by atoms with van der Waals surface area (Å²) < 4.78 is 104. The summed E-state index contributed by atoms with van der Waals surface area (Å²) in [4.78, 5) is 35.3. The third-order valence-electron chi connectivity index (χ3n) is 15.0. The summed E-state index contributed by atoms with van der Waals surface area (Å²) in [6.07, 6.45) is 1.26. The molecular formula is C53H66Cl6F4N6O6S2. The Morgan fingerprint density at radius 2 is 0.883 bits per heavy atom. The van der Waals surface area contributed by atoms with Crippen molar-refractivity contribution in [2.24, 2.45) is 0 Å². The van der Waals surface area contributed by atoms with Gasteiger partial charge in [-0.15, -0.1) is 0 Å². The molecule has 2 unspecified atom stereocenters. The van der Waals surface area contributed by atoms with Crippen LogP contribution in [0.2, 0.25) is 30.1 Å². The van der Waals surface area contributed by atoms with E-state index in [9.17, 15) is 44.0 Å². The Bertz CT molecular complexity index is 2970. The molecule has 24 heteroatoms. The minimum atomic E-state index is -4.86. The quantitative estimate of drug-likeness (QED) is 0.0903. The number of carbonyl (C=O) groups is 2. The highest BCUT2D eigenvalue weighted by Crippen LogP contribution is 2.38. The maximum Gasteiger partial charge on any atom is 0.419 e. The zero-order valence-electron chi connectivity index (χ0n) is 44.2. The van der Waals surface area contributed by atoms with Gasteiger partial charge in [-0.1, -0.05) is 93.9 Å². The molecule has 0 saturated carbocycles. The summed E-state index contributed by atoms with van der Waals surface area (Å²) in [6.45, 7) is 7.89. The van der Waals surface area contributed by atoms with E-state index in [1.165, 1.54) is 39.1 Å². The van der Waals surface area contributed by atoms with E-state index in [2.05, 4.69) is 9.80 Å². The van der Waals surface area contributed by atoms with Crippen molar-refractivity contribution in [3.8, 4) is 0 Å². The van der Waals surface area contributed by atoms with Crippen molar-refractivity contribution in [3.63, 3.8) is 0 Å². The van der Waals surface area contributed by atoms with E-state index in [0.29, 0.717) is 95.2 Å². The highest BCUT2D eigenvalue weighted by molar-refractivity contribution is 7.88. The van der Waals surface area contributed by atoms with Gasteiger partial charge >= 0.3 is 6.18 Å². The molecule has 2 atom stereocenters. The van der Waals surface area contributed by atoms with Crippen LogP contribution in [0.1, 0.15) is 80.2 Å². The molecule has 77 heavy (non-hydrogen) atoms. The topological polar surface area (TPSA) is 122 Å². The highest BCUT2D eigenvalue weighted by Gasteiger charge is 2.41. The molecule has 2 heterocycles.